The number of rotatable bonds is 5. The summed E-state index contributed by atoms with van der Waals surface area (Å²) >= 11 is 0. The average molecular weight is 243 g/mol. The number of carboxylic acids is 1. The summed E-state index contributed by atoms with van der Waals surface area (Å²) in [4.78, 5) is 22.6. The second-order valence-electron chi connectivity index (χ2n) is 5.01. The molecule has 1 amide bonds. The van der Waals surface area contributed by atoms with E-state index in [0.717, 1.165) is 19.4 Å². The number of aliphatic carboxylic acids is 1. The van der Waals surface area contributed by atoms with Crippen molar-refractivity contribution >= 4 is 11.9 Å². The highest BCUT2D eigenvalue weighted by molar-refractivity contribution is 6.00. The zero-order chi connectivity index (χ0) is 13.1. The number of carboxylic acid groups (broad SMARTS) is 1. The molecular weight excluding hydrogens is 222 g/mol. The molecule has 1 rings (SSSR count). The Kier molecular flexibility index (Phi) is 4.51. The number of carbonyl (C=O) groups excluding carboxylic acids is 1. The van der Waals surface area contributed by atoms with Crippen molar-refractivity contribution in [3.8, 4) is 0 Å². The quantitative estimate of drug-likeness (QED) is 0.707. The molecule has 1 aliphatic rings. The third-order valence-corrected chi connectivity index (χ3v) is 3.38. The van der Waals surface area contributed by atoms with Crippen LogP contribution < -0.4 is 5.32 Å². The summed E-state index contributed by atoms with van der Waals surface area (Å²) in [5.74, 6) is -1.25. The molecule has 2 N–H and O–H groups in total. The van der Waals surface area contributed by atoms with Crippen LogP contribution in [-0.4, -0.2) is 36.2 Å². The molecule has 0 radical (unpaired) electrons. The van der Waals surface area contributed by atoms with Gasteiger partial charge in [0.2, 0.25) is 5.91 Å². The molecule has 0 aromatic heterocycles. The van der Waals surface area contributed by atoms with Gasteiger partial charge in [0.25, 0.3) is 0 Å². The summed E-state index contributed by atoms with van der Waals surface area (Å²) < 4.78 is 5.51. The standard InChI is InChI=1S/C12H21NO4/c1-4-9-8(5-6-17-9)7-13-10(14)12(2,3)11(15)16/h8-9H,4-7H2,1-3H3,(H,13,14)(H,15,16). The highest BCUT2D eigenvalue weighted by Crippen LogP contribution is 2.23. The summed E-state index contributed by atoms with van der Waals surface area (Å²) in [5, 5.41) is 11.6. The van der Waals surface area contributed by atoms with Gasteiger partial charge < -0.3 is 15.2 Å². The third-order valence-electron chi connectivity index (χ3n) is 3.38. The van der Waals surface area contributed by atoms with Crippen LogP contribution in [0.15, 0.2) is 0 Å². The van der Waals surface area contributed by atoms with Crippen molar-refractivity contribution in [2.24, 2.45) is 11.3 Å². The molecule has 0 spiro atoms. The van der Waals surface area contributed by atoms with Gasteiger partial charge in [-0.05, 0) is 26.7 Å². The van der Waals surface area contributed by atoms with Gasteiger partial charge in [-0.1, -0.05) is 6.92 Å². The largest absolute Gasteiger partial charge is 0.480 e. The average Bonchev–Trinajstić information content (AvgIpc) is 2.72. The van der Waals surface area contributed by atoms with Crippen LogP contribution in [0.25, 0.3) is 0 Å². The van der Waals surface area contributed by atoms with Gasteiger partial charge in [0.1, 0.15) is 5.41 Å². The molecule has 2 atom stereocenters. The summed E-state index contributed by atoms with van der Waals surface area (Å²) in [6.07, 6.45) is 2.03. The van der Waals surface area contributed by atoms with E-state index < -0.39 is 17.3 Å². The first-order chi connectivity index (χ1) is 7.89. The Hall–Kier alpha value is -1.10. The molecule has 0 aromatic rings. The van der Waals surface area contributed by atoms with Gasteiger partial charge in [0, 0.05) is 19.1 Å². The van der Waals surface area contributed by atoms with E-state index in [1.165, 1.54) is 13.8 Å². The highest BCUT2D eigenvalue weighted by Gasteiger charge is 2.36. The molecule has 1 heterocycles. The van der Waals surface area contributed by atoms with Crippen molar-refractivity contribution in [3.63, 3.8) is 0 Å². The number of hydrogen-bond donors (Lipinski definition) is 2. The Morgan fingerprint density at radius 1 is 1.47 bits per heavy atom. The van der Waals surface area contributed by atoms with Crippen molar-refractivity contribution in [2.75, 3.05) is 13.2 Å². The van der Waals surface area contributed by atoms with Gasteiger partial charge in [0.05, 0.1) is 6.10 Å². The molecule has 98 valence electrons. The second kappa shape index (κ2) is 5.49. The fourth-order valence-corrected chi connectivity index (χ4v) is 1.92. The zero-order valence-corrected chi connectivity index (χ0v) is 10.7. The second-order valence-corrected chi connectivity index (χ2v) is 5.01. The van der Waals surface area contributed by atoms with E-state index in [1.807, 2.05) is 6.92 Å². The molecule has 17 heavy (non-hydrogen) atoms. The number of hydrogen-bond acceptors (Lipinski definition) is 3. The van der Waals surface area contributed by atoms with Gasteiger partial charge in [-0.15, -0.1) is 0 Å². The molecule has 5 nitrogen and oxygen atoms in total. The zero-order valence-electron chi connectivity index (χ0n) is 10.7. The minimum absolute atomic E-state index is 0.184. The van der Waals surface area contributed by atoms with Crippen molar-refractivity contribution in [2.45, 2.75) is 39.7 Å². The molecule has 0 saturated carbocycles. The predicted octanol–water partition coefficient (Wildman–Crippen LogP) is 1.03. The fraction of sp³-hybridized carbons (Fsp3) is 0.833. The Morgan fingerprint density at radius 3 is 2.65 bits per heavy atom. The van der Waals surface area contributed by atoms with Gasteiger partial charge >= 0.3 is 5.97 Å². The first-order valence-corrected chi connectivity index (χ1v) is 6.02. The van der Waals surface area contributed by atoms with E-state index in [1.54, 1.807) is 0 Å². The molecule has 0 aromatic carbocycles. The van der Waals surface area contributed by atoms with E-state index in [2.05, 4.69) is 5.32 Å². The van der Waals surface area contributed by atoms with Crippen LogP contribution in [0, 0.1) is 11.3 Å². The molecule has 1 fully saturated rings. The SMILES string of the molecule is CCC1OCCC1CNC(=O)C(C)(C)C(=O)O. The highest BCUT2D eigenvalue weighted by atomic mass is 16.5. The Morgan fingerprint density at radius 2 is 2.12 bits per heavy atom. The Labute approximate surface area is 102 Å². The van der Waals surface area contributed by atoms with Crippen LogP contribution in [0.4, 0.5) is 0 Å². The van der Waals surface area contributed by atoms with Gasteiger partial charge in [0.15, 0.2) is 0 Å². The van der Waals surface area contributed by atoms with Crippen molar-refractivity contribution in [1.82, 2.24) is 5.32 Å². The maximum Gasteiger partial charge on any atom is 0.318 e. The molecule has 0 bridgehead atoms. The minimum Gasteiger partial charge on any atom is -0.480 e. The van der Waals surface area contributed by atoms with Crippen molar-refractivity contribution < 1.29 is 19.4 Å². The maximum atomic E-state index is 11.7. The molecule has 5 heteroatoms. The number of ether oxygens (including phenoxy) is 1. The van der Waals surface area contributed by atoms with Crippen LogP contribution in [0.3, 0.4) is 0 Å². The first kappa shape index (κ1) is 14.0. The van der Waals surface area contributed by atoms with Crippen molar-refractivity contribution in [3.05, 3.63) is 0 Å². The van der Waals surface area contributed by atoms with Gasteiger partial charge in [-0.3, -0.25) is 9.59 Å². The van der Waals surface area contributed by atoms with Crippen LogP contribution in [0.1, 0.15) is 33.6 Å². The lowest BCUT2D eigenvalue weighted by Gasteiger charge is -2.22. The van der Waals surface area contributed by atoms with E-state index in [4.69, 9.17) is 9.84 Å². The molecule has 1 saturated heterocycles. The van der Waals surface area contributed by atoms with Gasteiger partial charge in [-0.2, -0.15) is 0 Å². The molecule has 2 unspecified atom stereocenters. The lowest BCUT2D eigenvalue weighted by Crippen LogP contribution is -2.44. The number of amides is 1. The van der Waals surface area contributed by atoms with Crippen LogP contribution in [0.5, 0.6) is 0 Å². The monoisotopic (exact) mass is 243 g/mol. The van der Waals surface area contributed by atoms with Gasteiger partial charge in [-0.25, -0.2) is 0 Å². The van der Waals surface area contributed by atoms with Crippen LogP contribution in [-0.2, 0) is 14.3 Å². The lowest BCUT2D eigenvalue weighted by atomic mass is 9.92. The molecule has 1 aliphatic heterocycles. The molecule has 0 aliphatic carbocycles. The number of nitrogens with one attached hydrogen (secondary N) is 1. The topological polar surface area (TPSA) is 75.6 Å². The van der Waals surface area contributed by atoms with E-state index >= 15 is 0 Å². The first-order valence-electron chi connectivity index (χ1n) is 6.02. The smallest absolute Gasteiger partial charge is 0.318 e. The lowest BCUT2D eigenvalue weighted by molar-refractivity contribution is -0.153. The summed E-state index contributed by atoms with van der Waals surface area (Å²) in [6, 6.07) is 0. The van der Waals surface area contributed by atoms with E-state index in [-0.39, 0.29) is 6.10 Å². The minimum atomic E-state index is -1.37. The Bertz CT molecular complexity index is 301. The maximum absolute atomic E-state index is 11.7. The van der Waals surface area contributed by atoms with E-state index in [0.29, 0.717) is 12.5 Å². The third kappa shape index (κ3) is 3.19. The molecular formula is C12H21NO4. The number of carbonyl (C=O) groups is 2. The Balaban J connectivity index is 2.45. The van der Waals surface area contributed by atoms with Crippen molar-refractivity contribution in [1.29, 1.82) is 0 Å². The fourth-order valence-electron chi connectivity index (χ4n) is 1.92. The summed E-state index contributed by atoms with van der Waals surface area (Å²) in [5.41, 5.74) is -1.37. The van der Waals surface area contributed by atoms with Crippen LogP contribution in [0.2, 0.25) is 0 Å². The summed E-state index contributed by atoms with van der Waals surface area (Å²) in [7, 11) is 0. The van der Waals surface area contributed by atoms with E-state index in [9.17, 15) is 9.59 Å². The normalized spacial score (nSPS) is 24.6. The predicted molar refractivity (Wildman–Crippen MR) is 62.6 cm³/mol. The summed E-state index contributed by atoms with van der Waals surface area (Å²) in [6.45, 7) is 6.08. The van der Waals surface area contributed by atoms with Crippen LogP contribution >= 0.6 is 0 Å².